The summed E-state index contributed by atoms with van der Waals surface area (Å²) >= 11 is 0. The maximum Gasteiger partial charge on any atom is 0.414 e. The Morgan fingerprint density at radius 3 is 2.74 bits per heavy atom. The van der Waals surface area contributed by atoms with E-state index in [0.29, 0.717) is 30.7 Å². The molecule has 1 aromatic carbocycles. The van der Waals surface area contributed by atoms with Crippen LogP contribution in [0.2, 0.25) is 0 Å². The summed E-state index contributed by atoms with van der Waals surface area (Å²) in [6, 6.07) is 12.0. The van der Waals surface area contributed by atoms with Crippen LogP contribution >= 0.6 is 0 Å². The van der Waals surface area contributed by atoms with Crippen molar-refractivity contribution >= 4 is 17.6 Å². The summed E-state index contributed by atoms with van der Waals surface area (Å²) in [5, 5.41) is 19.9. The third kappa shape index (κ3) is 2.46. The Balaban J connectivity index is 1.27. The van der Waals surface area contributed by atoms with Gasteiger partial charge in [-0.2, -0.15) is 5.26 Å². The van der Waals surface area contributed by atoms with Crippen molar-refractivity contribution in [3.63, 3.8) is 0 Å². The van der Waals surface area contributed by atoms with Crippen molar-refractivity contribution in [2.75, 3.05) is 36.4 Å². The standard InChI is InChI=1S/C19H19N5O3/c20-11-19(15-8-21-9-16(15)19)12-1-3-13(4-2-12)24-10-14(27-18(24)25)7-22-17-5-6-26-23-17/h1-6,14-16,21H,7-10H2,(H,22,23)/t14-,15-,16+,19?/m0/s1. The van der Waals surface area contributed by atoms with E-state index in [1.54, 1.807) is 11.0 Å². The zero-order valence-electron chi connectivity index (χ0n) is 14.6. The van der Waals surface area contributed by atoms with Gasteiger partial charge in [0.1, 0.15) is 12.4 Å². The molecule has 5 rings (SSSR count). The quantitative estimate of drug-likeness (QED) is 0.831. The Kier molecular flexibility index (Phi) is 3.58. The summed E-state index contributed by atoms with van der Waals surface area (Å²) in [7, 11) is 0. The van der Waals surface area contributed by atoms with E-state index in [1.807, 2.05) is 24.3 Å². The number of piperidine rings is 1. The van der Waals surface area contributed by atoms with E-state index >= 15 is 0 Å². The largest absolute Gasteiger partial charge is 0.442 e. The molecule has 2 aliphatic heterocycles. The van der Waals surface area contributed by atoms with Crippen LogP contribution in [0.25, 0.3) is 0 Å². The molecule has 2 aromatic rings. The molecule has 0 bridgehead atoms. The molecule has 2 saturated heterocycles. The molecule has 27 heavy (non-hydrogen) atoms. The van der Waals surface area contributed by atoms with E-state index in [1.165, 1.54) is 6.26 Å². The number of rotatable bonds is 5. The zero-order chi connectivity index (χ0) is 18.4. The highest BCUT2D eigenvalue weighted by Crippen LogP contribution is 2.61. The number of aromatic nitrogens is 1. The first-order chi connectivity index (χ1) is 13.2. The van der Waals surface area contributed by atoms with Crippen molar-refractivity contribution in [2.24, 2.45) is 11.8 Å². The molecule has 138 valence electrons. The Labute approximate surface area is 156 Å². The normalized spacial score (nSPS) is 31.3. The Bertz CT molecular complexity index is 879. The maximum absolute atomic E-state index is 12.2. The van der Waals surface area contributed by atoms with Crippen LogP contribution in [0.4, 0.5) is 16.3 Å². The number of nitrogens with one attached hydrogen (secondary N) is 2. The molecule has 1 amide bonds. The second kappa shape index (κ2) is 5.99. The predicted octanol–water partition coefficient (Wildman–Crippen LogP) is 1.72. The SMILES string of the molecule is N#CC1(c2ccc(N3C[C@H](CNc4ccon4)OC3=O)cc2)[C@@H]2CNC[C@@H]21. The van der Waals surface area contributed by atoms with Crippen LogP contribution in [0.15, 0.2) is 41.1 Å². The highest BCUT2D eigenvalue weighted by Gasteiger charge is 2.68. The van der Waals surface area contributed by atoms with Crippen molar-refractivity contribution in [3.8, 4) is 6.07 Å². The fourth-order valence-corrected chi connectivity index (χ4v) is 4.48. The van der Waals surface area contributed by atoms with Crippen LogP contribution in [-0.2, 0) is 10.2 Å². The van der Waals surface area contributed by atoms with Gasteiger partial charge in [0.25, 0.3) is 0 Å². The first kappa shape index (κ1) is 16.1. The molecule has 3 aliphatic rings. The number of ether oxygens (including phenoxy) is 1. The zero-order valence-corrected chi connectivity index (χ0v) is 14.6. The first-order valence-corrected chi connectivity index (χ1v) is 9.07. The molecule has 0 radical (unpaired) electrons. The van der Waals surface area contributed by atoms with Crippen LogP contribution in [0.3, 0.4) is 0 Å². The van der Waals surface area contributed by atoms with Gasteiger partial charge in [0, 0.05) is 36.7 Å². The topological polar surface area (TPSA) is 103 Å². The highest BCUT2D eigenvalue weighted by molar-refractivity contribution is 5.89. The average molecular weight is 365 g/mol. The lowest BCUT2D eigenvalue weighted by atomic mass is 9.92. The van der Waals surface area contributed by atoms with E-state index in [-0.39, 0.29) is 17.6 Å². The van der Waals surface area contributed by atoms with Gasteiger partial charge in [-0.05, 0) is 17.7 Å². The maximum atomic E-state index is 12.2. The van der Waals surface area contributed by atoms with Gasteiger partial charge in [-0.1, -0.05) is 17.3 Å². The van der Waals surface area contributed by atoms with Gasteiger partial charge in [0.15, 0.2) is 5.82 Å². The van der Waals surface area contributed by atoms with Gasteiger partial charge in [-0.25, -0.2) is 4.79 Å². The number of carbonyl (C=O) groups is 1. The molecule has 1 saturated carbocycles. The molecule has 3 heterocycles. The number of carbonyl (C=O) groups excluding carboxylic acids is 1. The fraction of sp³-hybridized carbons (Fsp3) is 0.421. The van der Waals surface area contributed by atoms with Crippen molar-refractivity contribution in [3.05, 3.63) is 42.2 Å². The summed E-state index contributed by atoms with van der Waals surface area (Å²) < 4.78 is 10.2. The van der Waals surface area contributed by atoms with Gasteiger partial charge in [0.2, 0.25) is 0 Å². The van der Waals surface area contributed by atoms with E-state index in [9.17, 15) is 10.1 Å². The number of anilines is 2. The molecule has 1 aromatic heterocycles. The number of cyclic esters (lactones) is 1. The third-order valence-electron chi connectivity index (χ3n) is 5.94. The smallest absolute Gasteiger partial charge is 0.414 e. The van der Waals surface area contributed by atoms with Crippen LogP contribution in [0.5, 0.6) is 0 Å². The third-order valence-corrected chi connectivity index (χ3v) is 5.94. The second-order valence-corrected chi connectivity index (χ2v) is 7.28. The molecule has 3 fully saturated rings. The number of benzene rings is 1. The summed E-state index contributed by atoms with van der Waals surface area (Å²) in [6.07, 6.45) is 0.847. The van der Waals surface area contributed by atoms with Gasteiger partial charge in [0.05, 0.1) is 24.6 Å². The minimum Gasteiger partial charge on any atom is -0.442 e. The Morgan fingerprint density at radius 1 is 1.30 bits per heavy atom. The molecule has 0 spiro atoms. The molecule has 2 N–H and O–H groups in total. The van der Waals surface area contributed by atoms with Crippen LogP contribution in [0, 0.1) is 23.2 Å². The summed E-state index contributed by atoms with van der Waals surface area (Å²) in [5.74, 6) is 1.41. The molecular weight excluding hydrogens is 346 g/mol. The summed E-state index contributed by atoms with van der Waals surface area (Å²) in [4.78, 5) is 13.9. The number of nitrogens with zero attached hydrogens (tertiary/aromatic N) is 3. The van der Waals surface area contributed by atoms with Crippen LogP contribution < -0.4 is 15.5 Å². The van der Waals surface area contributed by atoms with Gasteiger partial charge >= 0.3 is 6.09 Å². The Hall–Kier alpha value is -3.05. The lowest BCUT2D eigenvalue weighted by molar-refractivity contribution is 0.147. The van der Waals surface area contributed by atoms with Crippen molar-refractivity contribution in [1.29, 1.82) is 5.26 Å². The molecule has 4 atom stereocenters. The van der Waals surface area contributed by atoms with Crippen LogP contribution in [-0.4, -0.2) is 43.5 Å². The number of nitriles is 1. The van der Waals surface area contributed by atoms with Crippen molar-refractivity contribution in [1.82, 2.24) is 10.5 Å². The highest BCUT2D eigenvalue weighted by atomic mass is 16.6. The molecule has 1 unspecified atom stereocenters. The van der Waals surface area contributed by atoms with Gasteiger partial charge < -0.3 is 19.9 Å². The summed E-state index contributed by atoms with van der Waals surface area (Å²) in [5.41, 5.74) is 1.46. The van der Waals surface area contributed by atoms with Gasteiger partial charge in [-0.3, -0.25) is 4.90 Å². The number of hydrogen-bond acceptors (Lipinski definition) is 7. The van der Waals surface area contributed by atoms with Crippen molar-refractivity contribution < 1.29 is 14.1 Å². The number of fused-ring (bicyclic) bond motifs is 1. The first-order valence-electron chi connectivity index (χ1n) is 9.07. The molecule has 1 aliphatic carbocycles. The summed E-state index contributed by atoms with van der Waals surface area (Å²) in [6.45, 7) is 2.72. The fourth-order valence-electron chi connectivity index (χ4n) is 4.48. The molecule has 8 nitrogen and oxygen atoms in total. The van der Waals surface area contributed by atoms with E-state index < -0.39 is 0 Å². The van der Waals surface area contributed by atoms with Crippen molar-refractivity contribution in [2.45, 2.75) is 11.5 Å². The monoisotopic (exact) mass is 365 g/mol. The van der Waals surface area contributed by atoms with Crippen LogP contribution in [0.1, 0.15) is 5.56 Å². The molecular formula is C19H19N5O3. The number of hydrogen-bond donors (Lipinski definition) is 2. The van der Waals surface area contributed by atoms with E-state index in [4.69, 9.17) is 9.26 Å². The molecule has 8 heteroatoms. The average Bonchev–Trinajstić information content (AvgIpc) is 3.23. The van der Waals surface area contributed by atoms with E-state index in [2.05, 4.69) is 21.9 Å². The minimum atomic E-state index is -0.364. The number of amides is 1. The second-order valence-electron chi connectivity index (χ2n) is 7.28. The Morgan fingerprint density at radius 2 is 2.07 bits per heavy atom. The lowest BCUT2D eigenvalue weighted by Crippen LogP contribution is -2.27. The predicted molar refractivity (Wildman–Crippen MR) is 96.2 cm³/mol. The van der Waals surface area contributed by atoms with Gasteiger partial charge in [-0.15, -0.1) is 0 Å². The van der Waals surface area contributed by atoms with E-state index in [0.717, 1.165) is 24.3 Å². The lowest BCUT2D eigenvalue weighted by Gasteiger charge is -2.17. The minimum absolute atomic E-state index is 0.270.